The molecule has 1 amide bonds. The number of carbonyl (C=O) groups excluding carboxylic acids is 1. The third-order valence-electron chi connectivity index (χ3n) is 5.13. The van der Waals surface area contributed by atoms with E-state index >= 15 is 0 Å². The molecule has 1 aromatic heterocycles. The Kier molecular flexibility index (Phi) is 4.69. The zero-order valence-electron chi connectivity index (χ0n) is 14.8. The summed E-state index contributed by atoms with van der Waals surface area (Å²) in [5, 5.41) is 8.08. The van der Waals surface area contributed by atoms with Gasteiger partial charge in [-0.1, -0.05) is 5.21 Å². The maximum atomic E-state index is 13.3. The predicted molar refractivity (Wildman–Crippen MR) is 92.8 cm³/mol. The molecular weight excluding hydrogens is 337 g/mol. The van der Waals surface area contributed by atoms with Crippen molar-refractivity contribution in [3.63, 3.8) is 0 Å². The van der Waals surface area contributed by atoms with Crippen LogP contribution in [-0.4, -0.2) is 76.1 Å². The van der Waals surface area contributed by atoms with E-state index in [1.807, 2.05) is 4.90 Å². The molecule has 2 aliphatic rings. The van der Waals surface area contributed by atoms with Crippen LogP contribution in [0.5, 0.6) is 0 Å². The Morgan fingerprint density at radius 3 is 2.85 bits per heavy atom. The third kappa shape index (κ3) is 3.34. The molecule has 2 fully saturated rings. The van der Waals surface area contributed by atoms with Crippen molar-refractivity contribution in [2.75, 3.05) is 39.4 Å². The molecule has 0 radical (unpaired) electrons. The summed E-state index contributed by atoms with van der Waals surface area (Å²) in [5.41, 5.74) is 1.77. The molecule has 26 heavy (non-hydrogen) atoms. The fourth-order valence-electron chi connectivity index (χ4n) is 3.68. The van der Waals surface area contributed by atoms with Gasteiger partial charge in [0.25, 0.3) is 5.91 Å². The van der Waals surface area contributed by atoms with E-state index in [0.29, 0.717) is 24.0 Å². The first-order valence-corrected chi connectivity index (χ1v) is 8.92. The largest absolute Gasteiger partial charge is 0.379 e. The first kappa shape index (κ1) is 17.1. The molecule has 2 saturated heterocycles. The van der Waals surface area contributed by atoms with Gasteiger partial charge in [-0.15, -0.1) is 5.10 Å². The number of amides is 1. The molecule has 0 N–H and O–H groups in total. The normalized spacial score (nSPS) is 21.3. The van der Waals surface area contributed by atoms with Crippen LogP contribution in [-0.2, 0) is 4.74 Å². The molecule has 3 heterocycles. The van der Waals surface area contributed by atoms with E-state index in [1.165, 1.54) is 16.8 Å². The van der Waals surface area contributed by atoms with Gasteiger partial charge in [-0.05, 0) is 37.1 Å². The third-order valence-corrected chi connectivity index (χ3v) is 5.13. The maximum absolute atomic E-state index is 13.3. The molecule has 0 bridgehead atoms. The second-order valence-electron chi connectivity index (χ2n) is 6.82. The Labute approximate surface area is 151 Å². The molecule has 138 valence electrons. The lowest BCUT2D eigenvalue weighted by atomic mass is 10.2. The Bertz CT molecular complexity index is 803. The molecule has 0 aliphatic carbocycles. The number of hydrogen-bond donors (Lipinski definition) is 0. The number of ether oxygens (including phenoxy) is 1. The van der Waals surface area contributed by atoms with Crippen molar-refractivity contribution in [2.45, 2.75) is 19.4 Å². The van der Waals surface area contributed by atoms with Gasteiger partial charge in [0, 0.05) is 32.2 Å². The second-order valence-corrected chi connectivity index (χ2v) is 6.82. The summed E-state index contributed by atoms with van der Waals surface area (Å²) in [5.74, 6) is -0.402. The molecule has 2 aromatic rings. The summed E-state index contributed by atoms with van der Waals surface area (Å²) < 4.78 is 20.2. The van der Waals surface area contributed by atoms with Gasteiger partial charge in [-0.3, -0.25) is 9.69 Å². The minimum absolute atomic E-state index is 0.105. The highest BCUT2D eigenvalue weighted by atomic mass is 19.1. The van der Waals surface area contributed by atoms with Gasteiger partial charge in [0.1, 0.15) is 5.82 Å². The lowest BCUT2D eigenvalue weighted by Gasteiger charge is -2.31. The first-order chi connectivity index (χ1) is 12.6. The van der Waals surface area contributed by atoms with Gasteiger partial charge in [-0.25, -0.2) is 9.07 Å². The van der Waals surface area contributed by atoms with Crippen molar-refractivity contribution in [3.8, 4) is 5.69 Å². The van der Waals surface area contributed by atoms with Gasteiger partial charge >= 0.3 is 0 Å². The van der Waals surface area contributed by atoms with Gasteiger partial charge in [-0.2, -0.15) is 0 Å². The molecule has 2 aliphatic heterocycles. The highest BCUT2D eigenvalue weighted by Crippen LogP contribution is 2.19. The molecule has 0 spiro atoms. The van der Waals surface area contributed by atoms with E-state index in [4.69, 9.17) is 4.74 Å². The number of aryl methyl sites for hydroxylation is 1. The fourth-order valence-corrected chi connectivity index (χ4v) is 3.68. The second kappa shape index (κ2) is 7.13. The summed E-state index contributed by atoms with van der Waals surface area (Å²) in [7, 11) is 0. The number of carbonyl (C=O) groups is 1. The van der Waals surface area contributed by atoms with E-state index in [0.717, 1.165) is 44.8 Å². The Hall–Kier alpha value is -2.32. The monoisotopic (exact) mass is 359 g/mol. The zero-order valence-corrected chi connectivity index (χ0v) is 14.8. The van der Waals surface area contributed by atoms with Crippen LogP contribution in [0, 0.1) is 12.7 Å². The van der Waals surface area contributed by atoms with E-state index in [9.17, 15) is 9.18 Å². The number of likely N-dealkylation sites (tertiary alicyclic amines) is 1. The molecule has 1 unspecified atom stereocenters. The molecule has 0 saturated carbocycles. The van der Waals surface area contributed by atoms with Gasteiger partial charge in [0.2, 0.25) is 0 Å². The summed E-state index contributed by atoms with van der Waals surface area (Å²) in [6.07, 6.45) is 2.58. The van der Waals surface area contributed by atoms with Gasteiger partial charge in [0.15, 0.2) is 5.69 Å². The number of nitrogens with zero attached hydrogens (tertiary/aromatic N) is 5. The van der Waals surface area contributed by atoms with Crippen molar-refractivity contribution >= 4 is 5.91 Å². The van der Waals surface area contributed by atoms with E-state index in [2.05, 4.69) is 15.2 Å². The highest BCUT2D eigenvalue weighted by molar-refractivity contribution is 5.92. The van der Waals surface area contributed by atoms with Crippen LogP contribution in [0.2, 0.25) is 0 Å². The van der Waals surface area contributed by atoms with Crippen molar-refractivity contribution in [1.29, 1.82) is 0 Å². The minimum atomic E-state index is -0.297. The van der Waals surface area contributed by atoms with Crippen molar-refractivity contribution in [2.24, 2.45) is 0 Å². The standard InChI is InChI=1S/C18H22FN5O2/c1-13-10-14(19)2-3-17(13)24-12-16(20-21-24)18(25)23-5-4-15(11-23)22-6-8-26-9-7-22/h2-3,10,12,15H,4-9,11H2,1H3. The maximum Gasteiger partial charge on any atom is 0.276 e. The van der Waals surface area contributed by atoms with E-state index in [1.54, 1.807) is 19.2 Å². The number of rotatable bonds is 3. The van der Waals surface area contributed by atoms with Crippen LogP contribution >= 0.6 is 0 Å². The number of aromatic nitrogens is 3. The highest BCUT2D eigenvalue weighted by Gasteiger charge is 2.32. The van der Waals surface area contributed by atoms with Gasteiger partial charge in [0.05, 0.1) is 25.1 Å². The van der Waals surface area contributed by atoms with Crippen LogP contribution in [0.3, 0.4) is 0 Å². The van der Waals surface area contributed by atoms with Crippen LogP contribution < -0.4 is 0 Å². The fraction of sp³-hybridized carbons (Fsp3) is 0.500. The van der Waals surface area contributed by atoms with Crippen LogP contribution in [0.15, 0.2) is 24.4 Å². The average Bonchev–Trinajstić information content (AvgIpc) is 3.32. The Balaban J connectivity index is 1.45. The molecule has 8 heteroatoms. The predicted octanol–water partition coefficient (Wildman–Crippen LogP) is 1.26. The lowest BCUT2D eigenvalue weighted by Crippen LogP contribution is -2.45. The first-order valence-electron chi connectivity index (χ1n) is 8.92. The summed E-state index contributed by atoms with van der Waals surface area (Å²) in [6.45, 7) is 6.60. The number of benzene rings is 1. The smallest absolute Gasteiger partial charge is 0.276 e. The number of morpholine rings is 1. The molecule has 7 nitrogen and oxygen atoms in total. The molecule has 1 aromatic carbocycles. The average molecular weight is 359 g/mol. The molecule has 1 atom stereocenters. The minimum Gasteiger partial charge on any atom is -0.379 e. The van der Waals surface area contributed by atoms with Crippen LogP contribution in [0.25, 0.3) is 5.69 Å². The van der Waals surface area contributed by atoms with Crippen LogP contribution in [0.1, 0.15) is 22.5 Å². The van der Waals surface area contributed by atoms with Crippen molar-refractivity contribution < 1.29 is 13.9 Å². The topological polar surface area (TPSA) is 63.5 Å². The van der Waals surface area contributed by atoms with Gasteiger partial charge < -0.3 is 9.64 Å². The SMILES string of the molecule is Cc1cc(F)ccc1-n1cc(C(=O)N2CCC(N3CCOCC3)C2)nn1. The molecular formula is C18H22FN5O2. The number of hydrogen-bond acceptors (Lipinski definition) is 5. The van der Waals surface area contributed by atoms with E-state index < -0.39 is 0 Å². The quantitative estimate of drug-likeness (QED) is 0.826. The van der Waals surface area contributed by atoms with E-state index in [-0.39, 0.29) is 11.7 Å². The Morgan fingerprint density at radius 1 is 1.27 bits per heavy atom. The zero-order chi connectivity index (χ0) is 18.1. The van der Waals surface area contributed by atoms with Crippen molar-refractivity contribution in [3.05, 3.63) is 41.5 Å². The Morgan fingerprint density at radius 2 is 2.08 bits per heavy atom. The summed E-state index contributed by atoms with van der Waals surface area (Å²) in [4.78, 5) is 17.0. The molecule has 4 rings (SSSR count). The van der Waals surface area contributed by atoms with Crippen molar-refractivity contribution in [1.82, 2.24) is 24.8 Å². The number of halogens is 1. The van der Waals surface area contributed by atoms with Crippen LogP contribution in [0.4, 0.5) is 4.39 Å². The summed E-state index contributed by atoms with van der Waals surface area (Å²) in [6, 6.07) is 4.83. The lowest BCUT2D eigenvalue weighted by molar-refractivity contribution is 0.0185. The summed E-state index contributed by atoms with van der Waals surface area (Å²) >= 11 is 0.